The third-order valence-corrected chi connectivity index (χ3v) is 5.77. The lowest BCUT2D eigenvalue weighted by Gasteiger charge is -2.35. The molecule has 0 radical (unpaired) electrons. The zero-order valence-electron chi connectivity index (χ0n) is 22.1. The minimum absolute atomic E-state index is 0.289. The van der Waals surface area contributed by atoms with Crippen LogP contribution in [0.3, 0.4) is 0 Å². The fourth-order valence-corrected chi connectivity index (χ4v) is 3.55. The Morgan fingerprint density at radius 2 is 1.32 bits per heavy atom. The Bertz CT molecular complexity index is 1080. The molecule has 5 N–H and O–H groups in total. The Kier molecular flexibility index (Phi) is 14.1. The second-order valence-corrected chi connectivity index (χ2v) is 8.88. The maximum Gasteiger partial charge on any atom is 0.490 e. The standard InChI is InChI=1S/C22H30N4O.2C2HF3O2/c1-25-13-15-26(16-14-25)21-10-6-5-9-19(21)17-24-20(22(23)27)12-11-18-7-3-2-4-8-18;2*3-2(4,5)1(6)7/h2-10,20,24H,11-17H2,1H3,(H2,23,27);2*(H,6,7). The predicted molar refractivity (Wildman–Crippen MR) is 138 cm³/mol. The Morgan fingerprint density at radius 3 is 1.78 bits per heavy atom. The molecule has 1 fully saturated rings. The third-order valence-electron chi connectivity index (χ3n) is 5.77. The fraction of sp³-hybridized carbons (Fsp3) is 0.423. The summed E-state index contributed by atoms with van der Waals surface area (Å²) in [4.78, 5) is 34.5. The van der Waals surface area contributed by atoms with Crippen LogP contribution in [0, 0.1) is 0 Å². The van der Waals surface area contributed by atoms with Gasteiger partial charge in [-0.05, 0) is 37.1 Å². The van der Waals surface area contributed by atoms with E-state index in [1.165, 1.54) is 16.8 Å². The summed E-state index contributed by atoms with van der Waals surface area (Å²) < 4.78 is 63.5. The van der Waals surface area contributed by atoms with Crippen LogP contribution in [0.15, 0.2) is 54.6 Å². The number of carboxylic acids is 2. The summed E-state index contributed by atoms with van der Waals surface area (Å²) in [6, 6.07) is 18.3. The van der Waals surface area contributed by atoms with Crippen LogP contribution >= 0.6 is 0 Å². The molecule has 1 unspecified atom stereocenters. The summed E-state index contributed by atoms with van der Waals surface area (Å²) in [7, 11) is 2.16. The van der Waals surface area contributed by atoms with Gasteiger partial charge in [-0.3, -0.25) is 4.79 Å². The van der Waals surface area contributed by atoms with Crippen molar-refractivity contribution in [2.45, 2.75) is 37.8 Å². The van der Waals surface area contributed by atoms with E-state index in [1.54, 1.807) is 0 Å². The van der Waals surface area contributed by atoms with E-state index in [0.717, 1.165) is 32.6 Å². The highest BCUT2D eigenvalue weighted by Crippen LogP contribution is 2.22. The van der Waals surface area contributed by atoms with Crippen LogP contribution in [0.5, 0.6) is 0 Å². The number of para-hydroxylation sites is 1. The van der Waals surface area contributed by atoms with Crippen molar-refractivity contribution in [2.24, 2.45) is 5.73 Å². The van der Waals surface area contributed by atoms with Crippen LogP contribution in [-0.4, -0.2) is 84.6 Å². The van der Waals surface area contributed by atoms with Gasteiger partial charge in [-0.25, -0.2) is 9.59 Å². The maximum atomic E-state index is 11.9. The highest BCUT2D eigenvalue weighted by molar-refractivity contribution is 5.79. The molecule has 228 valence electrons. The zero-order valence-corrected chi connectivity index (χ0v) is 22.1. The van der Waals surface area contributed by atoms with Crippen LogP contribution in [-0.2, 0) is 27.3 Å². The summed E-state index contributed by atoms with van der Waals surface area (Å²) in [5, 5.41) is 17.6. The number of anilines is 1. The van der Waals surface area contributed by atoms with Crippen LogP contribution in [0.1, 0.15) is 17.5 Å². The van der Waals surface area contributed by atoms with Crippen LogP contribution in [0.25, 0.3) is 0 Å². The first kappa shape index (κ1) is 35.2. The third kappa shape index (κ3) is 13.9. The Morgan fingerprint density at radius 1 is 0.854 bits per heavy atom. The maximum absolute atomic E-state index is 11.9. The summed E-state index contributed by atoms with van der Waals surface area (Å²) in [5.41, 5.74) is 9.34. The SMILES string of the molecule is CN1CCN(c2ccccc2CNC(CCc2ccccc2)C(N)=O)CC1.O=C(O)C(F)(F)F.O=C(O)C(F)(F)F. The van der Waals surface area contributed by atoms with Crippen molar-refractivity contribution in [3.8, 4) is 0 Å². The molecular weight excluding hydrogens is 562 g/mol. The van der Waals surface area contributed by atoms with Gasteiger partial charge < -0.3 is 31.1 Å². The van der Waals surface area contributed by atoms with Crippen LogP contribution in [0.4, 0.5) is 32.0 Å². The summed E-state index contributed by atoms with van der Waals surface area (Å²) in [6.07, 6.45) is -8.63. The number of alkyl halides is 6. The molecule has 0 aliphatic carbocycles. The van der Waals surface area contributed by atoms with Gasteiger partial charge in [-0.15, -0.1) is 0 Å². The van der Waals surface area contributed by atoms with Crippen LogP contribution < -0.4 is 16.0 Å². The van der Waals surface area contributed by atoms with E-state index in [9.17, 15) is 31.1 Å². The number of nitrogens with one attached hydrogen (secondary N) is 1. The predicted octanol–water partition coefficient (Wildman–Crippen LogP) is 3.28. The van der Waals surface area contributed by atoms with Gasteiger partial charge in [0, 0.05) is 38.4 Å². The number of nitrogens with zero attached hydrogens (tertiary/aromatic N) is 2. The molecule has 0 aromatic heterocycles. The molecule has 0 saturated carbocycles. The largest absolute Gasteiger partial charge is 0.490 e. The zero-order chi connectivity index (χ0) is 31.2. The lowest BCUT2D eigenvalue weighted by atomic mass is 10.0. The molecule has 2 aromatic carbocycles. The summed E-state index contributed by atoms with van der Waals surface area (Å²) in [6.45, 7) is 4.85. The molecule has 1 saturated heterocycles. The van der Waals surface area contributed by atoms with E-state index in [1.807, 2.05) is 18.2 Å². The number of piperazine rings is 1. The molecule has 1 amide bonds. The number of rotatable bonds is 8. The first-order chi connectivity index (χ1) is 19.0. The Labute approximate surface area is 232 Å². The molecule has 0 bridgehead atoms. The van der Waals surface area contributed by atoms with Crippen molar-refractivity contribution in [2.75, 3.05) is 38.1 Å². The number of hydrogen-bond donors (Lipinski definition) is 4. The van der Waals surface area contributed by atoms with E-state index < -0.39 is 24.3 Å². The van der Waals surface area contributed by atoms with Gasteiger partial charge in [0.1, 0.15) is 0 Å². The molecule has 1 atom stereocenters. The molecule has 0 spiro atoms. The van der Waals surface area contributed by atoms with E-state index >= 15 is 0 Å². The van der Waals surface area contributed by atoms with Gasteiger partial charge in [0.05, 0.1) is 6.04 Å². The van der Waals surface area contributed by atoms with Gasteiger partial charge in [0.15, 0.2) is 0 Å². The van der Waals surface area contributed by atoms with E-state index in [-0.39, 0.29) is 11.9 Å². The van der Waals surface area contributed by atoms with Crippen molar-refractivity contribution in [1.82, 2.24) is 10.2 Å². The lowest BCUT2D eigenvalue weighted by Crippen LogP contribution is -2.45. The average Bonchev–Trinajstić information content (AvgIpc) is 2.89. The number of nitrogens with two attached hydrogens (primary N) is 1. The minimum Gasteiger partial charge on any atom is -0.475 e. The van der Waals surface area contributed by atoms with Crippen molar-refractivity contribution >= 4 is 23.5 Å². The number of benzene rings is 2. The van der Waals surface area contributed by atoms with Gasteiger partial charge in [-0.1, -0.05) is 48.5 Å². The number of primary amides is 1. The number of aliphatic carboxylic acids is 2. The molecule has 9 nitrogen and oxygen atoms in total. The topological polar surface area (TPSA) is 136 Å². The van der Waals surface area contributed by atoms with E-state index in [2.05, 4.69) is 58.6 Å². The number of hydrogen-bond acceptors (Lipinski definition) is 6. The smallest absolute Gasteiger partial charge is 0.475 e. The van der Waals surface area contributed by atoms with Crippen molar-refractivity contribution in [3.05, 3.63) is 65.7 Å². The molecule has 1 aliphatic rings. The van der Waals surface area contributed by atoms with E-state index in [0.29, 0.717) is 13.0 Å². The van der Waals surface area contributed by atoms with Gasteiger partial charge in [-0.2, -0.15) is 26.3 Å². The highest BCUT2D eigenvalue weighted by Gasteiger charge is 2.38. The van der Waals surface area contributed by atoms with Gasteiger partial charge >= 0.3 is 24.3 Å². The molecule has 15 heteroatoms. The normalized spacial score (nSPS) is 14.6. The van der Waals surface area contributed by atoms with Crippen LogP contribution in [0.2, 0.25) is 0 Å². The van der Waals surface area contributed by atoms with Crippen molar-refractivity contribution < 1.29 is 50.9 Å². The molecule has 1 heterocycles. The number of amides is 1. The van der Waals surface area contributed by atoms with Gasteiger partial charge in [0.25, 0.3) is 0 Å². The summed E-state index contributed by atoms with van der Waals surface area (Å²) in [5.74, 6) is -5.80. The highest BCUT2D eigenvalue weighted by atomic mass is 19.4. The number of carbonyl (C=O) groups excluding carboxylic acids is 1. The molecule has 2 aromatic rings. The lowest BCUT2D eigenvalue weighted by molar-refractivity contribution is -0.193. The molecule has 1 aliphatic heterocycles. The second kappa shape index (κ2) is 16.4. The van der Waals surface area contributed by atoms with Gasteiger partial charge in [0.2, 0.25) is 5.91 Å². The average molecular weight is 595 g/mol. The number of likely N-dealkylation sites (N-methyl/N-ethyl adjacent to an activating group) is 1. The monoisotopic (exact) mass is 594 g/mol. The number of aryl methyl sites for hydroxylation is 1. The molecule has 3 rings (SSSR count). The van der Waals surface area contributed by atoms with Crippen molar-refractivity contribution in [3.63, 3.8) is 0 Å². The fourth-order valence-electron chi connectivity index (χ4n) is 3.55. The van der Waals surface area contributed by atoms with Crippen molar-refractivity contribution in [1.29, 1.82) is 0 Å². The number of carboxylic acid groups (broad SMARTS) is 2. The molecule has 41 heavy (non-hydrogen) atoms. The first-order valence-corrected chi connectivity index (χ1v) is 12.2. The molecular formula is C26H32F6N4O5. The number of halogens is 6. The quantitative estimate of drug-likeness (QED) is 0.342. The second-order valence-electron chi connectivity index (χ2n) is 8.88. The minimum atomic E-state index is -5.08. The summed E-state index contributed by atoms with van der Waals surface area (Å²) >= 11 is 0. The Hall–Kier alpha value is -3.85. The Balaban J connectivity index is 0.000000497. The van der Waals surface area contributed by atoms with E-state index in [4.69, 9.17) is 25.5 Å². The first-order valence-electron chi connectivity index (χ1n) is 12.2. The number of carbonyl (C=O) groups is 3.